The number of H-pyrrole nitrogens is 1. The maximum atomic E-state index is 12.1. The molecule has 0 aliphatic heterocycles. The number of rotatable bonds is 2. The Bertz CT molecular complexity index is 804. The van der Waals surface area contributed by atoms with Crippen LogP contribution in [0, 0.1) is 6.92 Å². The minimum atomic E-state index is -0.316. The minimum Gasteiger partial charge on any atom is -0.313 e. The summed E-state index contributed by atoms with van der Waals surface area (Å²) in [4.78, 5) is 16.4. The highest BCUT2D eigenvalue weighted by molar-refractivity contribution is 6.35. The average Bonchev–Trinajstić information content (AvgIpc) is 2.97. The van der Waals surface area contributed by atoms with E-state index < -0.39 is 0 Å². The molecule has 1 aromatic carbocycles. The molecule has 6 nitrogen and oxygen atoms in total. The number of benzene rings is 1. The van der Waals surface area contributed by atoms with Gasteiger partial charge in [-0.25, -0.2) is 4.98 Å². The fourth-order valence-electron chi connectivity index (χ4n) is 1.99. The van der Waals surface area contributed by atoms with Crippen molar-refractivity contribution in [3.05, 3.63) is 40.7 Å². The number of fused-ring (bicyclic) bond motifs is 1. The first-order chi connectivity index (χ1) is 9.56. The standard InChI is InChI=1S/C13H12ClN5O/c1-7-6-9(18-17-7)12(20)16-13-15-11-8(14)4-3-5-10(11)19(13)2/h3-6H,1-2H3,(H,17,18)(H,15,16,20). The van der Waals surface area contributed by atoms with Gasteiger partial charge in [-0.1, -0.05) is 17.7 Å². The second-order valence-corrected chi connectivity index (χ2v) is 4.90. The zero-order valence-corrected chi connectivity index (χ0v) is 11.7. The van der Waals surface area contributed by atoms with Gasteiger partial charge in [0.2, 0.25) is 5.95 Å². The number of para-hydroxylation sites is 1. The van der Waals surface area contributed by atoms with Crippen molar-refractivity contribution in [2.24, 2.45) is 7.05 Å². The second kappa shape index (κ2) is 4.64. The van der Waals surface area contributed by atoms with Crippen molar-refractivity contribution in [2.75, 3.05) is 5.32 Å². The van der Waals surface area contributed by atoms with Crippen LogP contribution in [0.5, 0.6) is 0 Å². The van der Waals surface area contributed by atoms with Crippen molar-refractivity contribution >= 4 is 34.5 Å². The van der Waals surface area contributed by atoms with E-state index in [4.69, 9.17) is 11.6 Å². The Morgan fingerprint density at radius 2 is 2.25 bits per heavy atom. The number of hydrogen-bond donors (Lipinski definition) is 2. The Morgan fingerprint density at radius 3 is 2.90 bits per heavy atom. The molecule has 3 aromatic rings. The number of nitrogens with zero attached hydrogens (tertiary/aromatic N) is 3. The van der Waals surface area contributed by atoms with Crippen LogP contribution in [0.25, 0.3) is 11.0 Å². The van der Waals surface area contributed by atoms with Gasteiger partial charge in [0.05, 0.1) is 10.5 Å². The first-order valence-electron chi connectivity index (χ1n) is 6.00. The predicted molar refractivity (Wildman–Crippen MR) is 77.0 cm³/mol. The van der Waals surface area contributed by atoms with Crippen LogP contribution in [0.15, 0.2) is 24.3 Å². The summed E-state index contributed by atoms with van der Waals surface area (Å²) in [6.45, 7) is 1.83. The van der Waals surface area contributed by atoms with Crippen LogP contribution in [-0.4, -0.2) is 25.7 Å². The first-order valence-corrected chi connectivity index (χ1v) is 6.38. The number of nitrogens with one attached hydrogen (secondary N) is 2. The molecule has 0 saturated carbocycles. The number of halogens is 1. The van der Waals surface area contributed by atoms with Crippen LogP contribution in [0.3, 0.4) is 0 Å². The quantitative estimate of drug-likeness (QED) is 0.761. The molecule has 1 amide bonds. The summed E-state index contributed by atoms with van der Waals surface area (Å²) in [7, 11) is 1.82. The number of imidazole rings is 1. The molecule has 0 saturated heterocycles. The molecule has 0 bridgehead atoms. The number of aromatic nitrogens is 4. The molecule has 0 spiro atoms. The molecule has 2 heterocycles. The lowest BCUT2D eigenvalue weighted by molar-refractivity contribution is 0.102. The highest BCUT2D eigenvalue weighted by Gasteiger charge is 2.15. The summed E-state index contributed by atoms with van der Waals surface area (Å²) < 4.78 is 1.78. The van der Waals surface area contributed by atoms with E-state index in [-0.39, 0.29) is 5.91 Å². The second-order valence-electron chi connectivity index (χ2n) is 4.49. The van der Waals surface area contributed by atoms with Gasteiger partial charge in [-0.15, -0.1) is 0 Å². The Kier molecular flexibility index (Phi) is 2.94. The van der Waals surface area contributed by atoms with Gasteiger partial charge in [0.15, 0.2) is 5.69 Å². The van der Waals surface area contributed by atoms with Gasteiger partial charge < -0.3 is 4.57 Å². The summed E-state index contributed by atoms with van der Waals surface area (Å²) in [5, 5.41) is 9.92. The van der Waals surface area contributed by atoms with Gasteiger partial charge in [0.25, 0.3) is 5.91 Å². The van der Waals surface area contributed by atoms with E-state index in [1.165, 1.54) is 0 Å². The van der Waals surface area contributed by atoms with Crippen LogP contribution in [0.2, 0.25) is 5.02 Å². The highest BCUT2D eigenvalue weighted by Crippen LogP contribution is 2.25. The third kappa shape index (κ3) is 2.04. The number of carbonyl (C=O) groups excluding carboxylic acids is 1. The van der Waals surface area contributed by atoms with E-state index in [1.807, 2.05) is 26.1 Å². The summed E-state index contributed by atoms with van der Waals surface area (Å²) in [6.07, 6.45) is 0. The summed E-state index contributed by atoms with van der Waals surface area (Å²) in [5.41, 5.74) is 2.65. The maximum Gasteiger partial charge on any atom is 0.278 e. The molecule has 0 unspecified atom stereocenters. The number of carbonyl (C=O) groups is 1. The SMILES string of the molecule is Cc1cc(C(=O)Nc2nc3c(Cl)cccc3n2C)n[nH]1. The molecule has 2 N–H and O–H groups in total. The van der Waals surface area contributed by atoms with E-state index in [0.717, 1.165) is 11.2 Å². The molecule has 0 radical (unpaired) electrons. The summed E-state index contributed by atoms with van der Waals surface area (Å²) in [5.74, 6) is 0.114. The molecule has 0 fully saturated rings. The molecule has 7 heteroatoms. The molecular formula is C13H12ClN5O. The number of aryl methyl sites for hydroxylation is 2. The van der Waals surface area contributed by atoms with Crippen molar-refractivity contribution in [1.82, 2.24) is 19.7 Å². The number of anilines is 1. The van der Waals surface area contributed by atoms with Crippen LogP contribution in [-0.2, 0) is 7.05 Å². The van der Waals surface area contributed by atoms with Crippen LogP contribution in [0.4, 0.5) is 5.95 Å². The van der Waals surface area contributed by atoms with E-state index in [0.29, 0.717) is 22.2 Å². The average molecular weight is 290 g/mol. The van der Waals surface area contributed by atoms with E-state index in [1.54, 1.807) is 16.7 Å². The maximum absolute atomic E-state index is 12.1. The monoisotopic (exact) mass is 289 g/mol. The topological polar surface area (TPSA) is 75.6 Å². The van der Waals surface area contributed by atoms with Gasteiger partial charge in [0.1, 0.15) is 5.52 Å². The molecule has 2 aromatic heterocycles. The van der Waals surface area contributed by atoms with Gasteiger partial charge in [0, 0.05) is 12.7 Å². The van der Waals surface area contributed by atoms with Gasteiger partial charge in [-0.3, -0.25) is 15.2 Å². The summed E-state index contributed by atoms with van der Waals surface area (Å²) >= 11 is 6.09. The van der Waals surface area contributed by atoms with Crippen molar-refractivity contribution in [1.29, 1.82) is 0 Å². The van der Waals surface area contributed by atoms with Crippen molar-refractivity contribution in [3.8, 4) is 0 Å². The lowest BCUT2D eigenvalue weighted by Crippen LogP contribution is -2.15. The normalized spacial score (nSPS) is 10.9. The predicted octanol–water partition coefficient (Wildman–Crippen LogP) is 2.51. The molecule has 102 valence electrons. The largest absolute Gasteiger partial charge is 0.313 e. The van der Waals surface area contributed by atoms with Crippen LogP contribution in [0.1, 0.15) is 16.2 Å². The van der Waals surface area contributed by atoms with E-state index >= 15 is 0 Å². The summed E-state index contributed by atoms with van der Waals surface area (Å²) in [6, 6.07) is 7.17. The van der Waals surface area contributed by atoms with Gasteiger partial charge in [-0.05, 0) is 25.1 Å². The van der Waals surface area contributed by atoms with E-state index in [9.17, 15) is 4.79 Å². The van der Waals surface area contributed by atoms with Crippen LogP contribution >= 0.6 is 11.6 Å². The molecule has 0 atom stereocenters. The number of hydrogen-bond acceptors (Lipinski definition) is 3. The van der Waals surface area contributed by atoms with Gasteiger partial charge in [-0.2, -0.15) is 5.10 Å². The van der Waals surface area contributed by atoms with E-state index in [2.05, 4.69) is 20.5 Å². The third-order valence-corrected chi connectivity index (χ3v) is 3.33. The Balaban J connectivity index is 1.97. The number of amides is 1. The smallest absolute Gasteiger partial charge is 0.278 e. The fraction of sp³-hybridized carbons (Fsp3) is 0.154. The molecule has 20 heavy (non-hydrogen) atoms. The lowest BCUT2D eigenvalue weighted by Gasteiger charge is -2.02. The highest BCUT2D eigenvalue weighted by atomic mass is 35.5. The van der Waals surface area contributed by atoms with Gasteiger partial charge >= 0.3 is 0 Å². The van der Waals surface area contributed by atoms with Crippen molar-refractivity contribution in [3.63, 3.8) is 0 Å². The molecule has 3 rings (SSSR count). The zero-order valence-electron chi connectivity index (χ0n) is 10.9. The molecule has 0 aliphatic rings. The van der Waals surface area contributed by atoms with Crippen LogP contribution < -0.4 is 5.32 Å². The first kappa shape index (κ1) is 12.7. The third-order valence-electron chi connectivity index (χ3n) is 3.03. The zero-order chi connectivity index (χ0) is 14.3. The van der Waals surface area contributed by atoms with Crippen molar-refractivity contribution < 1.29 is 4.79 Å². The lowest BCUT2D eigenvalue weighted by atomic mass is 10.3. The Labute approximate surface area is 119 Å². The van der Waals surface area contributed by atoms with Crippen molar-refractivity contribution in [2.45, 2.75) is 6.92 Å². The molecule has 0 aliphatic carbocycles. The fourth-order valence-corrected chi connectivity index (χ4v) is 2.20. The Morgan fingerprint density at radius 1 is 1.45 bits per heavy atom. The minimum absolute atomic E-state index is 0.316. The number of aromatic amines is 1. The molecular weight excluding hydrogens is 278 g/mol. The Hall–Kier alpha value is -2.34.